The van der Waals surface area contributed by atoms with Crippen LogP contribution in [0, 0.1) is 6.92 Å². The number of halogens is 2. The zero-order valence-corrected chi connectivity index (χ0v) is 29.5. The highest BCUT2D eigenvalue weighted by Crippen LogP contribution is 2.44. The van der Waals surface area contributed by atoms with Gasteiger partial charge in [-0.05, 0) is 99.7 Å². The van der Waals surface area contributed by atoms with E-state index >= 15 is 0 Å². The molecule has 2 aliphatic rings. The number of benzene rings is 3. The van der Waals surface area contributed by atoms with Gasteiger partial charge in [0.25, 0.3) is 0 Å². The van der Waals surface area contributed by atoms with E-state index < -0.39 is 34.7 Å². The number of aryl methyl sites for hydroxylation is 1. The van der Waals surface area contributed by atoms with Gasteiger partial charge in [-0.1, -0.05) is 54.6 Å². The number of fused-ring (bicyclic) bond motifs is 3. The van der Waals surface area contributed by atoms with Crippen LogP contribution in [0.2, 0.25) is 0 Å². The molecule has 0 bridgehead atoms. The van der Waals surface area contributed by atoms with Gasteiger partial charge in [0.15, 0.2) is 11.0 Å². The van der Waals surface area contributed by atoms with Crippen molar-refractivity contribution in [3.05, 3.63) is 83.4 Å². The zero-order chi connectivity index (χ0) is 35.2. The molecule has 0 heterocycles. The fourth-order valence-electron chi connectivity index (χ4n) is 6.46. The Morgan fingerprint density at radius 1 is 0.939 bits per heavy atom. The average molecular weight is 697 g/mol. The number of unbranched alkanes of at least 4 members (excludes halogenated alkanes) is 2. The molecule has 2 amide bonds. The minimum absolute atomic E-state index is 0.104. The topological polar surface area (TPSA) is 94.2 Å². The molecular formula is C38H46F2N2O6S. The van der Waals surface area contributed by atoms with E-state index in [0.717, 1.165) is 27.8 Å². The molecule has 3 aromatic rings. The van der Waals surface area contributed by atoms with Gasteiger partial charge in [-0.25, -0.2) is 27.3 Å². The molecule has 0 aliphatic heterocycles. The highest BCUT2D eigenvalue weighted by Gasteiger charge is 2.39. The van der Waals surface area contributed by atoms with E-state index in [9.17, 15) is 22.6 Å². The second kappa shape index (κ2) is 15.7. The van der Waals surface area contributed by atoms with Crippen molar-refractivity contribution in [1.82, 2.24) is 9.62 Å². The Morgan fingerprint density at radius 2 is 1.57 bits per heavy atom. The Kier molecular flexibility index (Phi) is 11.6. The third kappa shape index (κ3) is 9.59. The number of ether oxygens (including phenoxy) is 3. The van der Waals surface area contributed by atoms with Crippen LogP contribution < -0.4 is 9.46 Å². The second-order valence-corrected chi connectivity index (χ2v) is 15.0. The van der Waals surface area contributed by atoms with Crippen LogP contribution in [0.1, 0.15) is 88.3 Å². The fraction of sp³-hybridized carbons (Fsp3) is 0.474. The lowest BCUT2D eigenvalue weighted by molar-refractivity contribution is -0.0571. The molecule has 1 saturated carbocycles. The Bertz CT molecular complexity index is 1600. The third-order valence-electron chi connectivity index (χ3n) is 8.87. The van der Waals surface area contributed by atoms with Crippen LogP contribution in [0.4, 0.5) is 18.4 Å². The molecule has 5 rings (SSSR count). The van der Waals surface area contributed by atoms with Crippen molar-refractivity contribution >= 4 is 23.2 Å². The predicted octanol–water partition coefficient (Wildman–Crippen LogP) is 8.92. The summed E-state index contributed by atoms with van der Waals surface area (Å²) in [5, 5.41) is 0. The van der Waals surface area contributed by atoms with E-state index in [1.54, 1.807) is 43.9 Å². The lowest BCUT2D eigenvalue weighted by Gasteiger charge is -2.37. The number of rotatable bonds is 12. The van der Waals surface area contributed by atoms with Crippen LogP contribution in [0.25, 0.3) is 11.1 Å². The summed E-state index contributed by atoms with van der Waals surface area (Å²) in [5.74, 6) is -2.40. The summed E-state index contributed by atoms with van der Waals surface area (Å²) in [6.07, 6.45) is 0.750. The summed E-state index contributed by atoms with van der Waals surface area (Å²) in [5.41, 5.74) is 4.63. The summed E-state index contributed by atoms with van der Waals surface area (Å²) in [7, 11) is -1.93. The summed E-state index contributed by atoms with van der Waals surface area (Å²) in [6.45, 7) is 8.08. The molecule has 1 fully saturated rings. The van der Waals surface area contributed by atoms with Gasteiger partial charge in [-0.2, -0.15) is 0 Å². The van der Waals surface area contributed by atoms with Crippen LogP contribution >= 0.6 is 0 Å². The molecule has 0 aromatic heterocycles. The summed E-state index contributed by atoms with van der Waals surface area (Å²) in [6, 6.07) is 21.1. The molecule has 264 valence electrons. The fourth-order valence-corrected chi connectivity index (χ4v) is 7.28. The van der Waals surface area contributed by atoms with Crippen molar-refractivity contribution in [3.63, 3.8) is 0 Å². The van der Waals surface area contributed by atoms with Gasteiger partial charge in [0.2, 0.25) is 5.92 Å². The quantitative estimate of drug-likeness (QED) is 0.190. The largest absolute Gasteiger partial charge is 0.492 e. The minimum atomic E-state index is -2.68. The van der Waals surface area contributed by atoms with Crippen molar-refractivity contribution in [1.29, 1.82) is 0 Å². The number of amides is 2. The normalized spacial score (nSPS) is 16.3. The van der Waals surface area contributed by atoms with Crippen LogP contribution in [0.3, 0.4) is 0 Å². The third-order valence-corrected chi connectivity index (χ3v) is 9.96. The summed E-state index contributed by atoms with van der Waals surface area (Å²) < 4.78 is 60.5. The first kappa shape index (κ1) is 36.3. The predicted molar refractivity (Wildman–Crippen MR) is 185 cm³/mol. The number of nitrogens with one attached hydrogen (secondary N) is 1. The number of carbonyl (C=O) groups is 2. The molecule has 49 heavy (non-hydrogen) atoms. The van der Waals surface area contributed by atoms with Crippen LogP contribution in [0.5, 0.6) is 5.75 Å². The average Bonchev–Trinajstić information content (AvgIpc) is 3.36. The summed E-state index contributed by atoms with van der Waals surface area (Å²) >= 11 is 0. The van der Waals surface area contributed by atoms with Crippen LogP contribution in [-0.4, -0.2) is 58.6 Å². The molecule has 8 nitrogen and oxygen atoms in total. The lowest BCUT2D eigenvalue weighted by Crippen LogP contribution is -2.46. The molecule has 2 aliphatic carbocycles. The number of hydrogen-bond donors (Lipinski definition) is 1. The zero-order valence-electron chi connectivity index (χ0n) is 28.6. The van der Waals surface area contributed by atoms with Crippen molar-refractivity contribution in [2.45, 2.75) is 101 Å². The van der Waals surface area contributed by atoms with Crippen molar-refractivity contribution in [2.75, 3.05) is 19.8 Å². The van der Waals surface area contributed by atoms with Gasteiger partial charge in [0.1, 0.15) is 22.9 Å². The van der Waals surface area contributed by atoms with Crippen LogP contribution in [0.15, 0.2) is 71.6 Å². The number of nitrogens with zero attached hydrogens (tertiary/aromatic N) is 1. The Morgan fingerprint density at radius 3 is 2.20 bits per heavy atom. The van der Waals surface area contributed by atoms with Crippen molar-refractivity contribution < 1.29 is 36.8 Å². The number of hydrogen-bond acceptors (Lipinski definition) is 6. The minimum Gasteiger partial charge on any atom is -0.492 e. The lowest BCUT2D eigenvalue weighted by atomic mass is 9.91. The van der Waals surface area contributed by atoms with E-state index in [2.05, 4.69) is 16.9 Å². The summed E-state index contributed by atoms with van der Waals surface area (Å²) in [4.78, 5) is 27.7. The van der Waals surface area contributed by atoms with E-state index in [0.29, 0.717) is 43.1 Å². The molecule has 11 heteroatoms. The van der Waals surface area contributed by atoms with Gasteiger partial charge in [-0.15, -0.1) is 0 Å². The standard InChI is InChI=1S/C38H46F2N2O6S/c1-26-16-17-34(49(45)41-35(43)47-25-32-30-14-8-6-12-28(30)29-13-7-9-15-31(29)32)33(24-26)46-23-11-5-10-22-42(36(44)48-37(2,3)4)27-18-20-38(39,40)21-19-27/h6-9,12-17,24,27,32H,5,10-11,18-23,25H2,1-4H3,(H,41,43). The molecule has 0 radical (unpaired) electrons. The Hall–Kier alpha value is -3.99. The highest BCUT2D eigenvalue weighted by atomic mass is 32.2. The second-order valence-electron chi connectivity index (χ2n) is 13.8. The van der Waals surface area contributed by atoms with Crippen molar-refractivity contribution in [3.8, 4) is 16.9 Å². The van der Waals surface area contributed by atoms with Gasteiger partial charge in [0.05, 0.1) is 6.61 Å². The molecule has 3 aromatic carbocycles. The van der Waals surface area contributed by atoms with Crippen LogP contribution in [-0.2, 0) is 20.5 Å². The highest BCUT2D eigenvalue weighted by molar-refractivity contribution is 7.83. The molecular weight excluding hydrogens is 650 g/mol. The van der Waals surface area contributed by atoms with E-state index in [4.69, 9.17) is 14.2 Å². The van der Waals surface area contributed by atoms with Gasteiger partial charge in [-0.3, -0.25) is 0 Å². The van der Waals surface area contributed by atoms with Gasteiger partial charge >= 0.3 is 12.2 Å². The maximum absolute atomic E-state index is 13.8. The number of alkyl halides is 2. The van der Waals surface area contributed by atoms with Gasteiger partial charge in [0, 0.05) is 31.3 Å². The SMILES string of the molecule is Cc1ccc(S(=O)NC(=O)OCC2c3ccccc3-c3ccccc32)c(OCCCCCN(C(=O)OC(C)(C)C)C2CCC(F)(F)CC2)c1. The van der Waals surface area contributed by atoms with Gasteiger partial charge < -0.3 is 19.1 Å². The Balaban J connectivity index is 1.11. The van der Waals surface area contributed by atoms with E-state index in [1.807, 2.05) is 43.3 Å². The maximum atomic E-state index is 13.8. The smallest absolute Gasteiger partial charge is 0.419 e. The first-order valence-corrected chi connectivity index (χ1v) is 18.1. The molecule has 1 N–H and O–H groups in total. The van der Waals surface area contributed by atoms with E-state index in [1.165, 1.54) is 0 Å². The molecule has 0 spiro atoms. The number of carbonyl (C=O) groups excluding carboxylic acids is 2. The first-order valence-electron chi connectivity index (χ1n) is 17.0. The molecule has 1 atom stereocenters. The van der Waals surface area contributed by atoms with E-state index in [-0.39, 0.29) is 44.2 Å². The monoisotopic (exact) mass is 696 g/mol. The Labute approximate surface area is 290 Å². The van der Waals surface area contributed by atoms with Crippen molar-refractivity contribution in [2.24, 2.45) is 0 Å². The first-order chi connectivity index (χ1) is 23.3. The maximum Gasteiger partial charge on any atom is 0.419 e. The molecule has 0 saturated heterocycles. The molecule has 1 unspecified atom stereocenters.